The lowest BCUT2D eigenvalue weighted by atomic mass is 9.91. The molecule has 17 heavy (non-hydrogen) atoms. The minimum atomic E-state index is -0.184. The normalized spacial score (nSPS) is 31.5. The average Bonchev–Trinajstić information content (AvgIpc) is 2.59. The molecule has 0 amide bonds. The predicted molar refractivity (Wildman–Crippen MR) is 60.8 cm³/mol. The summed E-state index contributed by atoms with van der Waals surface area (Å²) in [4.78, 5) is 0. The number of ether oxygens (including phenoxy) is 2. The van der Waals surface area contributed by atoms with Crippen molar-refractivity contribution in [1.29, 1.82) is 10.5 Å². The zero-order chi connectivity index (χ0) is 12.3. The van der Waals surface area contributed by atoms with Gasteiger partial charge < -0.3 is 9.47 Å². The molecule has 0 radical (unpaired) electrons. The molecule has 2 rings (SSSR count). The molecule has 2 fully saturated rings. The van der Waals surface area contributed by atoms with Crippen molar-refractivity contribution in [1.82, 2.24) is 0 Å². The number of allylic oxidation sites excluding steroid dienone is 1. The maximum absolute atomic E-state index is 8.99. The second-order valence-electron chi connectivity index (χ2n) is 4.42. The van der Waals surface area contributed by atoms with E-state index in [0.717, 1.165) is 31.3 Å². The highest BCUT2D eigenvalue weighted by molar-refractivity contribution is 5.42. The Balaban J connectivity index is 2.30. The van der Waals surface area contributed by atoms with Crippen LogP contribution in [0.5, 0.6) is 0 Å². The summed E-state index contributed by atoms with van der Waals surface area (Å²) in [5.41, 5.74) is 1.05. The largest absolute Gasteiger partial charge is 0.375 e. The van der Waals surface area contributed by atoms with Crippen LogP contribution in [0, 0.1) is 22.7 Å². The predicted octanol–water partition coefficient (Wildman–Crippen LogP) is 2.08. The Kier molecular flexibility index (Phi) is 3.78. The first-order valence-corrected chi connectivity index (χ1v) is 6.10. The fraction of sp³-hybridized carbons (Fsp3) is 0.692. The van der Waals surface area contributed by atoms with E-state index in [-0.39, 0.29) is 23.9 Å². The second kappa shape index (κ2) is 5.31. The number of hydrogen-bond donors (Lipinski definition) is 0. The Labute approximate surface area is 101 Å². The molecular formula is C13H16N2O2. The number of rotatable bonds is 2. The van der Waals surface area contributed by atoms with E-state index < -0.39 is 0 Å². The first kappa shape index (κ1) is 12.1. The summed E-state index contributed by atoms with van der Waals surface area (Å²) in [6.07, 6.45) is 3.70. The van der Waals surface area contributed by atoms with E-state index in [4.69, 9.17) is 20.0 Å². The van der Waals surface area contributed by atoms with Crippen molar-refractivity contribution in [2.45, 2.75) is 50.9 Å². The summed E-state index contributed by atoms with van der Waals surface area (Å²) < 4.78 is 11.6. The first-order valence-electron chi connectivity index (χ1n) is 6.10. The van der Waals surface area contributed by atoms with Crippen LogP contribution >= 0.6 is 0 Å². The fourth-order valence-corrected chi connectivity index (χ4v) is 2.69. The Morgan fingerprint density at radius 3 is 2.88 bits per heavy atom. The van der Waals surface area contributed by atoms with Gasteiger partial charge in [0.1, 0.15) is 23.8 Å². The number of hydrogen-bond acceptors (Lipinski definition) is 4. The second-order valence-corrected chi connectivity index (χ2v) is 4.42. The third-order valence-corrected chi connectivity index (χ3v) is 3.41. The van der Waals surface area contributed by atoms with Gasteiger partial charge >= 0.3 is 0 Å². The number of fused-ring (bicyclic) bond motifs is 2. The van der Waals surface area contributed by atoms with Gasteiger partial charge in [0.2, 0.25) is 0 Å². The maximum atomic E-state index is 8.99. The highest BCUT2D eigenvalue weighted by Crippen LogP contribution is 2.37. The Bertz CT molecular complexity index is 387. The summed E-state index contributed by atoms with van der Waals surface area (Å²) in [5.74, 6) is 0. The van der Waals surface area contributed by atoms with Crippen LogP contribution in [-0.2, 0) is 9.47 Å². The lowest BCUT2D eigenvalue weighted by Gasteiger charge is -2.21. The molecule has 0 spiro atoms. The van der Waals surface area contributed by atoms with Crippen molar-refractivity contribution in [2.75, 3.05) is 6.61 Å². The average molecular weight is 232 g/mol. The van der Waals surface area contributed by atoms with Gasteiger partial charge in [0.15, 0.2) is 0 Å². The van der Waals surface area contributed by atoms with Crippen LogP contribution in [0.1, 0.15) is 32.6 Å². The van der Waals surface area contributed by atoms with Crippen molar-refractivity contribution in [3.63, 3.8) is 0 Å². The molecule has 2 aliphatic rings. The summed E-state index contributed by atoms with van der Waals surface area (Å²) in [7, 11) is 0. The van der Waals surface area contributed by atoms with Crippen LogP contribution in [0.4, 0.5) is 0 Å². The molecule has 2 bridgehead atoms. The van der Waals surface area contributed by atoms with Gasteiger partial charge in [-0.1, -0.05) is 0 Å². The molecule has 4 nitrogen and oxygen atoms in total. The molecule has 0 saturated carbocycles. The van der Waals surface area contributed by atoms with Gasteiger partial charge in [0.25, 0.3) is 0 Å². The molecule has 2 heterocycles. The van der Waals surface area contributed by atoms with Crippen molar-refractivity contribution in [3.05, 3.63) is 11.1 Å². The minimum Gasteiger partial charge on any atom is -0.375 e. The quantitative estimate of drug-likeness (QED) is 0.683. The topological polar surface area (TPSA) is 66.0 Å². The zero-order valence-electron chi connectivity index (χ0n) is 9.98. The molecule has 3 atom stereocenters. The van der Waals surface area contributed by atoms with Gasteiger partial charge in [-0.05, 0) is 31.8 Å². The van der Waals surface area contributed by atoms with Crippen molar-refractivity contribution < 1.29 is 9.47 Å². The van der Waals surface area contributed by atoms with E-state index >= 15 is 0 Å². The highest BCUT2D eigenvalue weighted by atomic mass is 16.6. The molecule has 0 aliphatic carbocycles. The van der Waals surface area contributed by atoms with Gasteiger partial charge in [-0.2, -0.15) is 10.5 Å². The first-order chi connectivity index (χ1) is 8.30. The van der Waals surface area contributed by atoms with E-state index in [1.165, 1.54) is 0 Å². The SMILES string of the molecule is CCOC1CC2CCCC(=C(C#N)C#N)C1O2. The third-order valence-electron chi connectivity index (χ3n) is 3.41. The Morgan fingerprint density at radius 2 is 2.24 bits per heavy atom. The van der Waals surface area contributed by atoms with Gasteiger partial charge in [0.05, 0.1) is 12.2 Å². The van der Waals surface area contributed by atoms with Crippen LogP contribution < -0.4 is 0 Å². The molecular weight excluding hydrogens is 216 g/mol. The molecule has 4 heteroatoms. The van der Waals surface area contributed by atoms with Crippen LogP contribution in [0.25, 0.3) is 0 Å². The Morgan fingerprint density at radius 1 is 1.47 bits per heavy atom. The molecule has 3 unspecified atom stereocenters. The lowest BCUT2D eigenvalue weighted by Crippen LogP contribution is -2.27. The number of nitriles is 2. The van der Waals surface area contributed by atoms with Crippen molar-refractivity contribution in [3.8, 4) is 12.1 Å². The van der Waals surface area contributed by atoms with Gasteiger partial charge in [-0.3, -0.25) is 0 Å². The zero-order valence-corrected chi connectivity index (χ0v) is 9.98. The molecule has 2 aliphatic heterocycles. The van der Waals surface area contributed by atoms with Crippen LogP contribution in [-0.4, -0.2) is 24.9 Å². The minimum absolute atomic E-state index is 0.0111. The summed E-state index contributed by atoms with van der Waals surface area (Å²) in [6.45, 7) is 2.59. The molecule has 0 aromatic heterocycles. The molecule has 0 N–H and O–H groups in total. The Hall–Kier alpha value is -1.36. The van der Waals surface area contributed by atoms with Gasteiger partial charge in [0, 0.05) is 13.0 Å². The number of nitrogens with zero attached hydrogens (tertiary/aromatic N) is 2. The van der Waals surface area contributed by atoms with Gasteiger partial charge in [-0.15, -0.1) is 0 Å². The van der Waals surface area contributed by atoms with Crippen molar-refractivity contribution >= 4 is 0 Å². The summed E-state index contributed by atoms with van der Waals surface area (Å²) in [6, 6.07) is 3.96. The third kappa shape index (κ3) is 2.34. The van der Waals surface area contributed by atoms with E-state index in [0.29, 0.717) is 6.61 Å². The van der Waals surface area contributed by atoms with Crippen molar-refractivity contribution in [2.24, 2.45) is 0 Å². The molecule has 0 aromatic rings. The summed E-state index contributed by atoms with van der Waals surface area (Å²) in [5, 5.41) is 18.0. The highest BCUT2D eigenvalue weighted by Gasteiger charge is 2.40. The molecule has 0 aromatic carbocycles. The molecule has 2 saturated heterocycles. The van der Waals surface area contributed by atoms with E-state index in [2.05, 4.69) is 0 Å². The fourth-order valence-electron chi connectivity index (χ4n) is 2.69. The standard InChI is InChI=1S/C13H16N2O2/c1-2-16-12-6-10-4-3-5-11(13(12)17-10)9(7-14)8-15/h10,12-13H,2-6H2,1H3. The smallest absolute Gasteiger partial charge is 0.131 e. The van der Waals surface area contributed by atoms with Gasteiger partial charge in [-0.25, -0.2) is 0 Å². The van der Waals surface area contributed by atoms with E-state index in [1.54, 1.807) is 0 Å². The van der Waals surface area contributed by atoms with E-state index in [9.17, 15) is 0 Å². The molecule has 90 valence electrons. The monoisotopic (exact) mass is 232 g/mol. The maximum Gasteiger partial charge on any atom is 0.131 e. The lowest BCUT2D eigenvalue weighted by molar-refractivity contribution is 0.00243. The van der Waals surface area contributed by atoms with Crippen LogP contribution in [0.3, 0.4) is 0 Å². The van der Waals surface area contributed by atoms with Crippen LogP contribution in [0.2, 0.25) is 0 Å². The van der Waals surface area contributed by atoms with E-state index in [1.807, 2.05) is 19.1 Å². The van der Waals surface area contributed by atoms with Crippen LogP contribution in [0.15, 0.2) is 11.1 Å². The summed E-state index contributed by atoms with van der Waals surface area (Å²) >= 11 is 0.